The van der Waals surface area contributed by atoms with Crippen molar-refractivity contribution in [2.75, 3.05) is 26.4 Å². The maximum Gasteiger partial charge on any atom is 0.472 e. The normalized spacial score (nSPS) is 15.4. The molecule has 11 nitrogen and oxygen atoms in total. The molecule has 12 heteroatoms. The highest BCUT2D eigenvalue weighted by molar-refractivity contribution is 7.47. The lowest BCUT2D eigenvalue weighted by molar-refractivity contribution is -0.161. The third-order valence-corrected chi connectivity index (χ3v) is 8.92. The second kappa shape index (κ2) is 38.0. The van der Waals surface area contributed by atoms with Gasteiger partial charge in [0.1, 0.15) is 6.61 Å². The van der Waals surface area contributed by atoms with Gasteiger partial charge in [-0.05, 0) is 64.2 Å². The third-order valence-electron chi connectivity index (χ3n) is 7.94. The molecular formula is C43H72NO10P. The minimum atomic E-state index is -4.43. The summed E-state index contributed by atoms with van der Waals surface area (Å²) < 4.78 is 32.5. The number of hydrogen-bond donors (Lipinski definition) is 4. The van der Waals surface area contributed by atoms with Crippen LogP contribution in [0.1, 0.15) is 129 Å². The molecule has 0 saturated carbocycles. The van der Waals surface area contributed by atoms with E-state index in [1.54, 1.807) is 30.4 Å². The number of aliphatic hydroxyl groups excluding tert-OH is 2. The van der Waals surface area contributed by atoms with E-state index in [1.807, 2.05) is 42.5 Å². The zero-order valence-corrected chi connectivity index (χ0v) is 34.5. The maximum absolute atomic E-state index is 12.5. The van der Waals surface area contributed by atoms with Crippen LogP contribution in [0.25, 0.3) is 0 Å². The fraction of sp³-hybridized carbons (Fsp3) is 0.628. The van der Waals surface area contributed by atoms with Crippen LogP contribution in [-0.2, 0) is 32.7 Å². The van der Waals surface area contributed by atoms with E-state index in [1.165, 1.54) is 25.7 Å². The lowest BCUT2D eigenvalue weighted by atomic mass is 10.1. The van der Waals surface area contributed by atoms with Crippen molar-refractivity contribution in [2.45, 2.75) is 148 Å². The van der Waals surface area contributed by atoms with Gasteiger partial charge in [-0.25, -0.2) is 4.57 Å². The number of hydrogen-bond acceptors (Lipinski definition) is 10. The molecule has 55 heavy (non-hydrogen) atoms. The maximum atomic E-state index is 12.5. The molecule has 4 atom stereocenters. The summed E-state index contributed by atoms with van der Waals surface area (Å²) in [4.78, 5) is 34.8. The molecule has 5 N–H and O–H groups in total. The molecule has 0 aliphatic rings. The second-order valence-corrected chi connectivity index (χ2v) is 14.6. The predicted molar refractivity (Wildman–Crippen MR) is 222 cm³/mol. The molecule has 0 aliphatic heterocycles. The van der Waals surface area contributed by atoms with E-state index < -0.39 is 44.7 Å². The summed E-state index contributed by atoms with van der Waals surface area (Å²) in [5.41, 5.74) is 5.32. The van der Waals surface area contributed by atoms with Gasteiger partial charge in [-0.3, -0.25) is 18.6 Å². The molecule has 0 spiro atoms. The zero-order chi connectivity index (χ0) is 40.7. The van der Waals surface area contributed by atoms with Crippen LogP contribution in [0, 0.1) is 0 Å². The number of ether oxygens (including phenoxy) is 2. The predicted octanol–water partition coefficient (Wildman–Crippen LogP) is 9.21. The average molecular weight is 794 g/mol. The van der Waals surface area contributed by atoms with Crippen LogP contribution in [0.3, 0.4) is 0 Å². The molecule has 0 aromatic heterocycles. The van der Waals surface area contributed by atoms with Gasteiger partial charge in [-0.2, -0.15) is 0 Å². The Bertz CT molecular complexity index is 1210. The SMILES string of the molecule is CC/C=C\C[C@@H](O)/C=C/C=C\C/C=C\C=C\[C@@H](O)/C=C\CCCC(=O)OC[C@H](COP(=O)(O)OCCN)OC(=O)CCCCCCC/C=C\CCCCCC. The molecule has 0 fully saturated rings. The number of unbranched alkanes of at least 4 members (excludes halogenated alkanes) is 10. The van der Waals surface area contributed by atoms with Gasteiger partial charge < -0.3 is 30.3 Å². The first kappa shape index (κ1) is 52.1. The number of carbonyl (C=O) groups is 2. The molecule has 0 saturated heterocycles. The van der Waals surface area contributed by atoms with Gasteiger partial charge >= 0.3 is 19.8 Å². The topological polar surface area (TPSA) is 175 Å². The van der Waals surface area contributed by atoms with E-state index in [4.69, 9.17) is 24.3 Å². The third kappa shape index (κ3) is 37.8. The Hall–Kier alpha value is -2.89. The molecule has 0 aromatic rings. The Balaban J connectivity index is 4.48. The summed E-state index contributed by atoms with van der Waals surface area (Å²) in [5.74, 6) is -1.03. The van der Waals surface area contributed by atoms with Crippen LogP contribution < -0.4 is 5.73 Å². The zero-order valence-electron chi connectivity index (χ0n) is 33.6. The van der Waals surface area contributed by atoms with Crippen LogP contribution in [0.15, 0.2) is 85.1 Å². The number of rotatable bonds is 36. The van der Waals surface area contributed by atoms with E-state index in [2.05, 4.69) is 26.0 Å². The van der Waals surface area contributed by atoms with Gasteiger partial charge in [-0.1, -0.05) is 137 Å². The fourth-order valence-electron chi connectivity index (χ4n) is 4.90. The molecule has 0 bridgehead atoms. The van der Waals surface area contributed by atoms with Gasteiger partial charge in [0.25, 0.3) is 0 Å². The fourth-order valence-corrected chi connectivity index (χ4v) is 5.66. The molecule has 0 heterocycles. The monoisotopic (exact) mass is 793 g/mol. The van der Waals surface area contributed by atoms with Crippen molar-refractivity contribution < 1.29 is 47.8 Å². The number of phosphoric ester groups is 1. The van der Waals surface area contributed by atoms with Crippen molar-refractivity contribution in [3.63, 3.8) is 0 Å². The lowest BCUT2D eigenvalue weighted by Gasteiger charge is -2.19. The Kier molecular flexibility index (Phi) is 36.0. The Morgan fingerprint density at radius 3 is 2.00 bits per heavy atom. The summed E-state index contributed by atoms with van der Waals surface area (Å²) in [6.07, 6.45) is 39.8. The van der Waals surface area contributed by atoms with E-state index in [-0.39, 0.29) is 32.6 Å². The Labute approximate surface area is 331 Å². The van der Waals surface area contributed by atoms with Crippen LogP contribution in [0.4, 0.5) is 0 Å². The van der Waals surface area contributed by atoms with Crippen molar-refractivity contribution in [1.82, 2.24) is 0 Å². The lowest BCUT2D eigenvalue weighted by Crippen LogP contribution is -2.29. The molecule has 0 aromatic carbocycles. The largest absolute Gasteiger partial charge is 0.472 e. The highest BCUT2D eigenvalue weighted by Crippen LogP contribution is 2.43. The minimum Gasteiger partial charge on any atom is -0.462 e. The highest BCUT2D eigenvalue weighted by Gasteiger charge is 2.26. The molecule has 0 radical (unpaired) electrons. The highest BCUT2D eigenvalue weighted by atomic mass is 31.2. The quantitative estimate of drug-likeness (QED) is 0.0157. The van der Waals surface area contributed by atoms with Gasteiger partial charge in [0, 0.05) is 19.4 Å². The Morgan fingerprint density at radius 2 is 1.31 bits per heavy atom. The number of phosphoric acid groups is 1. The first-order chi connectivity index (χ1) is 26.6. The van der Waals surface area contributed by atoms with Crippen LogP contribution in [0.2, 0.25) is 0 Å². The summed E-state index contributed by atoms with van der Waals surface area (Å²) in [6, 6.07) is 0. The summed E-state index contributed by atoms with van der Waals surface area (Å²) in [5, 5.41) is 19.9. The Morgan fingerprint density at radius 1 is 0.673 bits per heavy atom. The van der Waals surface area contributed by atoms with Gasteiger partial charge in [0.05, 0.1) is 25.4 Å². The molecular weight excluding hydrogens is 721 g/mol. The summed E-state index contributed by atoms with van der Waals surface area (Å²) in [7, 11) is -4.43. The van der Waals surface area contributed by atoms with E-state index in [9.17, 15) is 29.3 Å². The molecule has 0 rings (SSSR count). The van der Waals surface area contributed by atoms with Crippen LogP contribution in [0.5, 0.6) is 0 Å². The number of aliphatic hydroxyl groups is 2. The van der Waals surface area contributed by atoms with E-state index >= 15 is 0 Å². The van der Waals surface area contributed by atoms with Crippen molar-refractivity contribution in [1.29, 1.82) is 0 Å². The van der Waals surface area contributed by atoms with Crippen molar-refractivity contribution in [3.8, 4) is 0 Å². The van der Waals surface area contributed by atoms with E-state index in [0.29, 0.717) is 32.1 Å². The molecule has 314 valence electrons. The van der Waals surface area contributed by atoms with Crippen LogP contribution >= 0.6 is 7.82 Å². The molecule has 1 unspecified atom stereocenters. The first-order valence-electron chi connectivity index (χ1n) is 20.3. The summed E-state index contributed by atoms with van der Waals surface area (Å²) >= 11 is 0. The molecule has 0 aliphatic carbocycles. The minimum absolute atomic E-state index is 0.0184. The number of nitrogens with two attached hydrogens (primary N) is 1. The smallest absolute Gasteiger partial charge is 0.462 e. The standard InChI is InChI=1S/C43H72NO10P/c1-3-5-7-8-9-10-11-12-13-14-18-21-27-34-43(48)54-41(38-53-55(49,50)52-36-35-44)37-51-42(47)33-28-22-26-32-40(46)31-25-20-17-15-16-19-24-30-39(45)29-23-6-4-2/h6,10-11,16-17,19-20,23-26,30-32,39-41,45-46H,3-5,7-9,12-15,18,21-22,27-29,33-38,44H2,1-2H3,(H,49,50)/b11-10-,19-16-,20-17-,23-6-,30-24+,31-25+,32-26-/t39-,40-,41-/m1/s1. The summed E-state index contributed by atoms with van der Waals surface area (Å²) in [6.45, 7) is 3.26. The van der Waals surface area contributed by atoms with Gasteiger partial charge in [-0.15, -0.1) is 0 Å². The number of carbonyl (C=O) groups excluding carboxylic acids is 2. The van der Waals surface area contributed by atoms with Crippen molar-refractivity contribution in [3.05, 3.63) is 85.1 Å². The first-order valence-corrected chi connectivity index (χ1v) is 21.8. The van der Waals surface area contributed by atoms with Crippen LogP contribution in [-0.4, -0.2) is 71.7 Å². The van der Waals surface area contributed by atoms with Crippen molar-refractivity contribution in [2.24, 2.45) is 5.73 Å². The molecule has 0 amide bonds. The van der Waals surface area contributed by atoms with Gasteiger partial charge in [0.2, 0.25) is 0 Å². The average Bonchev–Trinajstić information content (AvgIpc) is 3.16. The van der Waals surface area contributed by atoms with Gasteiger partial charge in [0.15, 0.2) is 6.10 Å². The number of esters is 2. The van der Waals surface area contributed by atoms with E-state index in [0.717, 1.165) is 44.9 Å². The van der Waals surface area contributed by atoms with Crippen molar-refractivity contribution >= 4 is 19.8 Å². The number of allylic oxidation sites excluding steroid dienone is 10. The second-order valence-electron chi connectivity index (χ2n) is 13.2.